The Morgan fingerprint density at radius 3 is 2.13 bits per heavy atom. The molecule has 31 heavy (non-hydrogen) atoms. The molecule has 1 heterocycles. The number of carbonyl (C=O) groups excluding carboxylic acids is 3. The molecule has 1 fully saturated rings. The van der Waals surface area contributed by atoms with Crippen LogP contribution in [0.2, 0.25) is 5.02 Å². The molecule has 0 spiro atoms. The lowest BCUT2D eigenvalue weighted by Crippen LogP contribution is -2.37. The maximum atomic E-state index is 12.8. The lowest BCUT2D eigenvalue weighted by molar-refractivity contribution is -0.121. The van der Waals surface area contributed by atoms with Gasteiger partial charge in [-0.1, -0.05) is 29.8 Å². The van der Waals surface area contributed by atoms with E-state index in [0.717, 1.165) is 30.2 Å². The van der Waals surface area contributed by atoms with E-state index < -0.39 is 11.9 Å². The molecule has 0 bridgehead atoms. The second-order valence-corrected chi connectivity index (χ2v) is 7.82. The zero-order valence-electron chi connectivity index (χ0n) is 17.5. The normalized spacial score (nSPS) is 14.7. The summed E-state index contributed by atoms with van der Waals surface area (Å²) in [5.74, 6) is -1.51. The van der Waals surface area contributed by atoms with E-state index in [2.05, 4.69) is 10.2 Å². The predicted molar refractivity (Wildman–Crippen MR) is 117 cm³/mol. The van der Waals surface area contributed by atoms with Crippen LogP contribution in [0.3, 0.4) is 0 Å². The first-order chi connectivity index (χ1) is 14.9. The molecule has 2 aromatic carbocycles. The molecular weight excluding hydrogens is 420 g/mol. The maximum Gasteiger partial charge on any atom is 0.337 e. The Labute approximate surface area is 186 Å². The lowest BCUT2D eigenvalue weighted by atomic mass is 9.95. The van der Waals surface area contributed by atoms with Crippen molar-refractivity contribution < 1.29 is 23.9 Å². The summed E-state index contributed by atoms with van der Waals surface area (Å²) in [4.78, 5) is 38.9. The largest absolute Gasteiger partial charge is 0.465 e. The van der Waals surface area contributed by atoms with Crippen molar-refractivity contribution in [3.63, 3.8) is 0 Å². The number of amides is 1. The number of likely N-dealkylation sites (tertiary alicyclic amines) is 1. The second-order valence-electron chi connectivity index (χ2n) is 7.41. The number of halogens is 1. The average molecular weight is 445 g/mol. The molecule has 3 rings (SSSR count). The molecule has 1 saturated heterocycles. The second kappa shape index (κ2) is 10.4. The summed E-state index contributed by atoms with van der Waals surface area (Å²) in [5, 5.41) is 3.57. The highest BCUT2D eigenvalue weighted by atomic mass is 35.5. The van der Waals surface area contributed by atoms with E-state index in [1.807, 2.05) is 24.3 Å². The van der Waals surface area contributed by atoms with Crippen LogP contribution in [-0.2, 0) is 20.8 Å². The van der Waals surface area contributed by atoms with Gasteiger partial charge in [0.1, 0.15) is 0 Å². The molecule has 1 aliphatic heterocycles. The summed E-state index contributed by atoms with van der Waals surface area (Å²) in [7, 11) is 2.50. The summed E-state index contributed by atoms with van der Waals surface area (Å²) in [6.45, 7) is 2.30. The fourth-order valence-corrected chi connectivity index (χ4v) is 3.83. The van der Waals surface area contributed by atoms with Crippen LogP contribution in [0.1, 0.15) is 39.1 Å². The van der Waals surface area contributed by atoms with Crippen LogP contribution < -0.4 is 5.32 Å². The van der Waals surface area contributed by atoms with Crippen LogP contribution in [0.25, 0.3) is 0 Å². The van der Waals surface area contributed by atoms with Crippen molar-refractivity contribution >= 4 is 35.1 Å². The van der Waals surface area contributed by atoms with Gasteiger partial charge in [0.2, 0.25) is 5.91 Å². The first-order valence-electron chi connectivity index (χ1n) is 9.99. The van der Waals surface area contributed by atoms with Crippen LogP contribution >= 0.6 is 11.6 Å². The Bertz CT molecular complexity index is 936. The standard InChI is InChI=1S/C23H25ClN2O5/c1-30-22(28)17-11-18(23(29)31-2)13-19(12-17)25-21(27)15-7-9-26(10-8-15)14-16-5-3-4-6-20(16)24/h3-6,11-13,15H,7-10,14H2,1-2H3,(H,25,27). The van der Waals surface area contributed by atoms with Gasteiger partial charge in [0.15, 0.2) is 0 Å². The van der Waals surface area contributed by atoms with Gasteiger partial charge >= 0.3 is 11.9 Å². The van der Waals surface area contributed by atoms with Gasteiger partial charge in [0.25, 0.3) is 0 Å². The van der Waals surface area contributed by atoms with Gasteiger partial charge in [-0.15, -0.1) is 0 Å². The van der Waals surface area contributed by atoms with Gasteiger partial charge in [-0.3, -0.25) is 9.69 Å². The number of nitrogens with zero attached hydrogens (tertiary/aromatic N) is 1. The molecule has 0 saturated carbocycles. The van der Waals surface area contributed by atoms with E-state index in [-0.39, 0.29) is 23.0 Å². The minimum Gasteiger partial charge on any atom is -0.465 e. The summed E-state index contributed by atoms with van der Waals surface area (Å²) in [5.41, 5.74) is 1.75. The minimum atomic E-state index is -0.603. The quantitative estimate of drug-likeness (QED) is 0.683. The Balaban J connectivity index is 1.63. The number of rotatable bonds is 6. The number of esters is 2. The van der Waals surface area contributed by atoms with Crippen molar-refractivity contribution in [2.45, 2.75) is 19.4 Å². The maximum absolute atomic E-state index is 12.8. The highest BCUT2D eigenvalue weighted by Gasteiger charge is 2.26. The fourth-order valence-electron chi connectivity index (χ4n) is 3.64. The van der Waals surface area contributed by atoms with Crippen LogP contribution in [0.4, 0.5) is 5.69 Å². The summed E-state index contributed by atoms with van der Waals surface area (Å²) < 4.78 is 9.46. The zero-order valence-corrected chi connectivity index (χ0v) is 18.3. The molecule has 0 radical (unpaired) electrons. The highest BCUT2D eigenvalue weighted by Crippen LogP contribution is 2.24. The zero-order chi connectivity index (χ0) is 22.4. The van der Waals surface area contributed by atoms with E-state index in [4.69, 9.17) is 21.1 Å². The molecule has 1 amide bonds. The topological polar surface area (TPSA) is 84.9 Å². The van der Waals surface area contributed by atoms with Crippen molar-refractivity contribution in [1.29, 1.82) is 0 Å². The molecule has 0 unspecified atom stereocenters. The highest BCUT2D eigenvalue weighted by molar-refractivity contribution is 6.31. The number of methoxy groups -OCH3 is 2. The number of nitrogens with one attached hydrogen (secondary N) is 1. The molecule has 2 aromatic rings. The molecule has 1 aliphatic rings. The van der Waals surface area contributed by atoms with Crippen molar-refractivity contribution in [3.05, 3.63) is 64.2 Å². The summed E-state index contributed by atoms with van der Waals surface area (Å²) >= 11 is 6.25. The molecule has 0 aromatic heterocycles. The van der Waals surface area contributed by atoms with E-state index >= 15 is 0 Å². The molecular formula is C23H25ClN2O5. The van der Waals surface area contributed by atoms with Crippen molar-refractivity contribution in [2.24, 2.45) is 5.92 Å². The minimum absolute atomic E-state index is 0.143. The molecule has 8 heteroatoms. The SMILES string of the molecule is COC(=O)c1cc(NC(=O)C2CCN(Cc3ccccc3Cl)CC2)cc(C(=O)OC)c1. The van der Waals surface area contributed by atoms with Crippen LogP contribution in [0.15, 0.2) is 42.5 Å². The van der Waals surface area contributed by atoms with Gasteiger partial charge < -0.3 is 14.8 Å². The van der Waals surface area contributed by atoms with Gasteiger partial charge in [-0.25, -0.2) is 9.59 Å². The van der Waals surface area contributed by atoms with Crippen LogP contribution in [-0.4, -0.2) is 50.1 Å². The third-order valence-corrected chi connectivity index (χ3v) is 5.72. The number of hydrogen-bond acceptors (Lipinski definition) is 6. The Kier molecular flexibility index (Phi) is 7.65. The monoisotopic (exact) mass is 444 g/mol. The number of carbonyl (C=O) groups is 3. The smallest absolute Gasteiger partial charge is 0.337 e. The first-order valence-corrected chi connectivity index (χ1v) is 10.4. The molecule has 7 nitrogen and oxygen atoms in total. The van der Waals surface area contributed by atoms with Gasteiger partial charge in [0.05, 0.1) is 25.3 Å². The van der Waals surface area contributed by atoms with Crippen molar-refractivity contribution in [2.75, 3.05) is 32.6 Å². The van der Waals surface area contributed by atoms with Gasteiger partial charge in [-0.05, 0) is 55.8 Å². The molecule has 0 atom stereocenters. The third-order valence-electron chi connectivity index (χ3n) is 5.35. The van der Waals surface area contributed by atoms with Crippen molar-refractivity contribution in [3.8, 4) is 0 Å². The number of hydrogen-bond donors (Lipinski definition) is 1. The van der Waals surface area contributed by atoms with Gasteiger partial charge in [-0.2, -0.15) is 0 Å². The van der Waals surface area contributed by atoms with E-state index in [1.54, 1.807) is 0 Å². The number of benzene rings is 2. The Hall–Kier alpha value is -2.90. The van der Waals surface area contributed by atoms with Crippen LogP contribution in [0, 0.1) is 5.92 Å². The number of ether oxygens (including phenoxy) is 2. The number of piperidine rings is 1. The first kappa shape index (κ1) is 22.8. The number of anilines is 1. The molecule has 1 N–H and O–H groups in total. The molecule has 0 aliphatic carbocycles. The van der Waals surface area contributed by atoms with E-state index in [0.29, 0.717) is 18.5 Å². The van der Waals surface area contributed by atoms with Crippen molar-refractivity contribution in [1.82, 2.24) is 4.90 Å². The Morgan fingerprint density at radius 2 is 1.58 bits per heavy atom. The Morgan fingerprint density at radius 1 is 1.00 bits per heavy atom. The summed E-state index contributed by atoms with van der Waals surface area (Å²) in [6.07, 6.45) is 1.41. The lowest BCUT2D eigenvalue weighted by Gasteiger charge is -2.31. The predicted octanol–water partition coefficient (Wildman–Crippen LogP) is 3.76. The van der Waals surface area contributed by atoms with E-state index in [1.165, 1.54) is 32.4 Å². The summed E-state index contributed by atoms with van der Waals surface area (Å²) in [6, 6.07) is 12.1. The van der Waals surface area contributed by atoms with E-state index in [9.17, 15) is 14.4 Å². The van der Waals surface area contributed by atoms with Crippen LogP contribution in [0.5, 0.6) is 0 Å². The average Bonchev–Trinajstić information content (AvgIpc) is 2.79. The van der Waals surface area contributed by atoms with Gasteiger partial charge in [0, 0.05) is 23.2 Å². The fraction of sp³-hybridized carbons (Fsp3) is 0.348. The molecule has 164 valence electrons. The third kappa shape index (κ3) is 5.83.